The molecule has 0 bridgehead atoms. The zero-order chi connectivity index (χ0) is 17.1. The number of hydrogen-bond donors (Lipinski definition) is 1. The third kappa shape index (κ3) is 3.52. The number of amides is 1. The Morgan fingerprint density at radius 2 is 2.21 bits per heavy atom. The molecule has 24 heavy (non-hydrogen) atoms. The molecule has 1 N–H and O–H groups in total. The van der Waals surface area contributed by atoms with Crippen molar-refractivity contribution >= 4 is 39.2 Å². The van der Waals surface area contributed by atoms with Crippen LogP contribution < -0.4 is 10.9 Å². The Labute approximate surface area is 149 Å². The lowest BCUT2D eigenvalue weighted by Crippen LogP contribution is -2.27. The monoisotopic (exact) mass is 365 g/mol. The van der Waals surface area contributed by atoms with Crippen molar-refractivity contribution in [3.63, 3.8) is 0 Å². The van der Waals surface area contributed by atoms with Crippen LogP contribution in [-0.4, -0.2) is 27.8 Å². The SMILES string of the molecule is CCCCCNC(=O)CSc1nc2sc3c(c2c(=O)n1C)CCC3. The van der Waals surface area contributed by atoms with Crippen molar-refractivity contribution in [2.45, 2.75) is 50.6 Å². The highest BCUT2D eigenvalue weighted by molar-refractivity contribution is 7.99. The van der Waals surface area contributed by atoms with Crippen molar-refractivity contribution in [3.8, 4) is 0 Å². The molecule has 0 fully saturated rings. The first kappa shape index (κ1) is 17.5. The van der Waals surface area contributed by atoms with Crippen LogP contribution in [0.3, 0.4) is 0 Å². The summed E-state index contributed by atoms with van der Waals surface area (Å²) >= 11 is 2.97. The summed E-state index contributed by atoms with van der Waals surface area (Å²) in [5.41, 5.74) is 1.22. The topological polar surface area (TPSA) is 64.0 Å². The minimum atomic E-state index is -0.000812. The van der Waals surface area contributed by atoms with Gasteiger partial charge >= 0.3 is 0 Å². The Morgan fingerprint density at radius 1 is 1.38 bits per heavy atom. The summed E-state index contributed by atoms with van der Waals surface area (Å²) in [6, 6.07) is 0. The van der Waals surface area contributed by atoms with Gasteiger partial charge in [0.25, 0.3) is 5.56 Å². The van der Waals surface area contributed by atoms with E-state index in [2.05, 4.69) is 17.2 Å². The molecular weight excluding hydrogens is 342 g/mol. The second-order valence-electron chi connectivity index (χ2n) is 6.14. The number of nitrogens with zero attached hydrogens (tertiary/aromatic N) is 2. The van der Waals surface area contributed by atoms with Crippen molar-refractivity contribution in [3.05, 3.63) is 20.8 Å². The fraction of sp³-hybridized carbons (Fsp3) is 0.588. The zero-order valence-corrected chi connectivity index (χ0v) is 15.8. The molecule has 2 aromatic heterocycles. The van der Waals surface area contributed by atoms with E-state index < -0.39 is 0 Å². The summed E-state index contributed by atoms with van der Waals surface area (Å²) in [4.78, 5) is 31.4. The summed E-state index contributed by atoms with van der Waals surface area (Å²) in [6.45, 7) is 2.86. The van der Waals surface area contributed by atoms with Crippen molar-refractivity contribution in [2.24, 2.45) is 7.05 Å². The summed E-state index contributed by atoms with van der Waals surface area (Å²) in [7, 11) is 1.75. The van der Waals surface area contributed by atoms with Crippen LogP contribution in [0.15, 0.2) is 9.95 Å². The van der Waals surface area contributed by atoms with E-state index >= 15 is 0 Å². The molecule has 7 heteroatoms. The van der Waals surface area contributed by atoms with E-state index in [1.165, 1.54) is 22.2 Å². The van der Waals surface area contributed by atoms with Gasteiger partial charge in [0.15, 0.2) is 5.16 Å². The Kier molecular flexibility index (Phi) is 5.61. The number of carbonyl (C=O) groups is 1. The summed E-state index contributed by atoms with van der Waals surface area (Å²) in [5, 5.41) is 4.33. The van der Waals surface area contributed by atoms with E-state index in [0.717, 1.165) is 55.3 Å². The number of thioether (sulfide) groups is 1. The van der Waals surface area contributed by atoms with Crippen LogP contribution in [0.4, 0.5) is 0 Å². The van der Waals surface area contributed by atoms with E-state index in [1.54, 1.807) is 23.0 Å². The number of fused-ring (bicyclic) bond motifs is 3. The van der Waals surface area contributed by atoms with Crippen molar-refractivity contribution in [2.75, 3.05) is 12.3 Å². The summed E-state index contributed by atoms with van der Waals surface area (Å²) < 4.78 is 1.59. The number of rotatable bonds is 7. The maximum absolute atomic E-state index is 12.7. The molecule has 3 rings (SSSR count). The van der Waals surface area contributed by atoms with Crippen molar-refractivity contribution in [1.82, 2.24) is 14.9 Å². The smallest absolute Gasteiger partial charge is 0.262 e. The van der Waals surface area contributed by atoms with Crippen LogP contribution in [0.25, 0.3) is 10.2 Å². The molecular formula is C17H23N3O2S2. The average Bonchev–Trinajstić information content (AvgIpc) is 3.14. The molecule has 5 nitrogen and oxygen atoms in total. The van der Waals surface area contributed by atoms with Gasteiger partial charge in [0.2, 0.25) is 5.91 Å². The van der Waals surface area contributed by atoms with Crippen LogP contribution in [-0.2, 0) is 24.7 Å². The van der Waals surface area contributed by atoms with Gasteiger partial charge < -0.3 is 5.32 Å². The van der Waals surface area contributed by atoms with Gasteiger partial charge in [0.05, 0.1) is 11.1 Å². The van der Waals surface area contributed by atoms with Crippen molar-refractivity contribution in [1.29, 1.82) is 0 Å². The standard InChI is InChI=1S/C17H23N3O2S2/c1-3-4-5-9-18-13(21)10-23-17-19-15-14(16(22)20(17)2)11-7-6-8-12(11)24-15/h3-10H2,1-2H3,(H,18,21). The third-order valence-electron chi connectivity index (χ3n) is 4.34. The molecule has 130 valence electrons. The number of aryl methyl sites for hydroxylation is 2. The molecule has 0 aliphatic heterocycles. The maximum Gasteiger partial charge on any atom is 0.262 e. The quantitative estimate of drug-likeness (QED) is 0.465. The van der Waals surface area contributed by atoms with E-state index in [-0.39, 0.29) is 11.5 Å². The molecule has 0 saturated carbocycles. The number of hydrogen-bond acceptors (Lipinski definition) is 5. The first-order valence-electron chi connectivity index (χ1n) is 8.52. The average molecular weight is 366 g/mol. The van der Waals surface area contributed by atoms with Gasteiger partial charge in [-0.2, -0.15) is 0 Å². The van der Waals surface area contributed by atoms with Gasteiger partial charge in [-0.1, -0.05) is 31.5 Å². The number of carbonyl (C=O) groups excluding carboxylic acids is 1. The van der Waals surface area contributed by atoms with Gasteiger partial charge in [-0.15, -0.1) is 11.3 Å². The molecule has 1 aliphatic rings. The van der Waals surface area contributed by atoms with Crippen molar-refractivity contribution < 1.29 is 4.79 Å². The Morgan fingerprint density at radius 3 is 3.00 bits per heavy atom. The molecule has 0 radical (unpaired) electrons. The van der Waals surface area contributed by atoms with Gasteiger partial charge in [0, 0.05) is 18.5 Å². The van der Waals surface area contributed by atoms with E-state index in [1.807, 2.05) is 0 Å². The predicted octanol–water partition coefficient (Wildman–Crippen LogP) is 2.88. The molecule has 2 aromatic rings. The molecule has 1 aliphatic carbocycles. The fourth-order valence-electron chi connectivity index (χ4n) is 3.02. The number of thiophene rings is 1. The highest BCUT2D eigenvalue weighted by Crippen LogP contribution is 2.35. The Balaban J connectivity index is 1.70. The summed E-state index contributed by atoms with van der Waals surface area (Å²) in [5.74, 6) is 0.294. The number of nitrogens with one attached hydrogen (secondary N) is 1. The van der Waals surface area contributed by atoms with Crippen LogP contribution in [0.5, 0.6) is 0 Å². The number of aromatic nitrogens is 2. The lowest BCUT2D eigenvalue weighted by molar-refractivity contribution is -0.118. The minimum absolute atomic E-state index is 0.000812. The summed E-state index contributed by atoms with van der Waals surface area (Å²) in [6.07, 6.45) is 6.46. The third-order valence-corrected chi connectivity index (χ3v) is 6.56. The lowest BCUT2D eigenvalue weighted by atomic mass is 10.2. The van der Waals surface area contributed by atoms with Crippen LogP contribution in [0.1, 0.15) is 43.0 Å². The predicted molar refractivity (Wildman–Crippen MR) is 100 cm³/mol. The first-order chi connectivity index (χ1) is 11.6. The Bertz CT molecular complexity index is 810. The maximum atomic E-state index is 12.7. The molecule has 0 spiro atoms. The lowest BCUT2D eigenvalue weighted by Gasteiger charge is -2.08. The van der Waals surface area contributed by atoms with Crippen LogP contribution in [0, 0.1) is 0 Å². The fourth-order valence-corrected chi connectivity index (χ4v) is 5.12. The molecule has 0 unspecified atom stereocenters. The van der Waals surface area contributed by atoms with Gasteiger partial charge in [-0.25, -0.2) is 4.98 Å². The zero-order valence-electron chi connectivity index (χ0n) is 14.2. The largest absolute Gasteiger partial charge is 0.355 e. The second-order valence-corrected chi connectivity index (χ2v) is 8.17. The molecule has 2 heterocycles. The molecule has 0 aromatic carbocycles. The highest BCUT2D eigenvalue weighted by atomic mass is 32.2. The number of unbranched alkanes of at least 4 members (excludes halogenated alkanes) is 2. The molecule has 0 saturated heterocycles. The van der Waals surface area contributed by atoms with E-state index in [9.17, 15) is 9.59 Å². The first-order valence-corrected chi connectivity index (χ1v) is 10.3. The second kappa shape index (κ2) is 7.70. The molecule has 1 amide bonds. The van der Waals surface area contributed by atoms with Crippen LogP contribution in [0.2, 0.25) is 0 Å². The van der Waals surface area contributed by atoms with Gasteiger partial charge in [-0.3, -0.25) is 14.2 Å². The Hall–Kier alpha value is -1.34. The van der Waals surface area contributed by atoms with Gasteiger partial charge in [-0.05, 0) is 31.2 Å². The van der Waals surface area contributed by atoms with Crippen LogP contribution >= 0.6 is 23.1 Å². The van der Waals surface area contributed by atoms with E-state index in [0.29, 0.717) is 10.9 Å². The minimum Gasteiger partial charge on any atom is -0.355 e. The molecule has 0 atom stereocenters. The normalized spacial score (nSPS) is 13.4. The van der Waals surface area contributed by atoms with Gasteiger partial charge in [0.1, 0.15) is 4.83 Å². The highest BCUT2D eigenvalue weighted by Gasteiger charge is 2.22. The van der Waals surface area contributed by atoms with E-state index in [4.69, 9.17) is 0 Å².